The lowest BCUT2D eigenvalue weighted by Gasteiger charge is -2.31. The van der Waals surface area contributed by atoms with Crippen LogP contribution in [0, 0.1) is 10.1 Å². The third-order valence-corrected chi connectivity index (χ3v) is 7.71. The van der Waals surface area contributed by atoms with E-state index in [1.54, 1.807) is 12.4 Å². The molecule has 1 N–H and O–H groups in total. The van der Waals surface area contributed by atoms with Gasteiger partial charge >= 0.3 is 0 Å². The molecule has 0 aliphatic carbocycles. The fourth-order valence-electron chi connectivity index (χ4n) is 3.88. The van der Waals surface area contributed by atoms with Crippen molar-refractivity contribution in [3.8, 4) is 0 Å². The van der Waals surface area contributed by atoms with Crippen molar-refractivity contribution in [3.05, 3.63) is 82.4 Å². The number of likely N-dealkylation sites (N-methyl/N-ethyl adjacent to an activating group) is 1. The van der Waals surface area contributed by atoms with Gasteiger partial charge in [-0.3, -0.25) is 10.1 Å². The number of nitro groups is 1. The molecule has 2 heterocycles. The van der Waals surface area contributed by atoms with Gasteiger partial charge in [0.25, 0.3) is 5.69 Å². The molecule has 1 aliphatic rings. The van der Waals surface area contributed by atoms with Gasteiger partial charge in [0.2, 0.25) is 10.0 Å². The van der Waals surface area contributed by atoms with Crippen LogP contribution in [0.25, 0.3) is 0 Å². The summed E-state index contributed by atoms with van der Waals surface area (Å²) in [5.74, 6) is 0.671. The van der Waals surface area contributed by atoms with Crippen LogP contribution in [0.15, 0.2) is 65.8 Å². The second kappa shape index (κ2) is 9.30. The number of aryl methyl sites for hydroxylation is 1. The first-order valence-electron chi connectivity index (χ1n) is 10.5. The number of sulfonamides is 1. The van der Waals surface area contributed by atoms with Crippen LogP contribution in [0.1, 0.15) is 17.4 Å². The number of hydrogen-bond acceptors (Lipinski definition) is 7. The molecular formula is C22H26N6O4S. The summed E-state index contributed by atoms with van der Waals surface area (Å²) in [7, 11) is -0.0529. The SMILES string of the molecule is CN1CCN(S(=O)(=O)c2ccc(N[C@@H](c3ccccc3)c3nccn3C)c([N+](=O)[O-])c2)CC1. The molecule has 10 nitrogen and oxygen atoms in total. The molecule has 33 heavy (non-hydrogen) atoms. The Hall–Kier alpha value is -3.28. The summed E-state index contributed by atoms with van der Waals surface area (Å²) in [4.78, 5) is 17.7. The fraction of sp³-hybridized carbons (Fsp3) is 0.318. The molecule has 3 aromatic rings. The number of benzene rings is 2. The number of piperazine rings is 1. The van der Waals surface area contributed by atoms with Crippen molar-refractivity contribution >= 4 is 21.4 Å². The minimum Gasteiger partial charge on any atom is -0.366 e. The van der Waals surface area contributed by atoms with E-state index in [0.29, 0.717) is 32.0 Å². The molecule has 1 aliphatic heterocycles. The number of nitrogens with zero attached hydrogens (tertiary/aromatic N) is 5. The minimum atomic E-state index is -3.83. The highest BCUT2D eigenvalue weighted by Crippen LogP contribution is 2.33. The molecule has 1 atom stereocenters. The summed E-state index contributed by atoms with van der Waals surface area (Å²) in [6.45, 7) is 1.93. The second-order valence-electron chi connectivity index (χ2n) is 8.03. The van der Waals surface area contributed by atoms with Crippen LogP contribution in [0.2, 0.25) is 0 Å². The highest BCUT2D eigenvalue weighted by atomic mass is 32.2. The van der Waals surface area contributed by atoms with Crippen LogP contribution in [-0.2, 0) is 17.1 Å². The Balaban J connectivity index is 1.70. The second-order valence-corrected chi connectivity index (χ2v) is 9.97. The summed E-state index contributed by atoms with van der Waals surface area (Å²) in [6, 6.07) is 13.0. The first kappa shape index (κ1) is 22.9. The van der Waals surface area contributed by atoms with Crippen molar-refractivity contribution in [2.45, 2.75) is 10.9 Å². The summed E-state index contributed by atoms with van der Waals surface area (Å²) < 4.78 is 29.4. The van der Waals surface area contributed by atoms with Gasteiger partial charge in [-0.15, -0.1) is 0 Å². The van der Waals surface area contributed by atoms with Gasteiger partial charge in [0.05, 0.1) is 9.82 Å². The van der Waals surface area contributed by atoms with Crippen LogP contribution in [0.3, 0.4) is 0 Å². The number of hydrogen-bond donors (Lipinski definition) is 1. The van der Waals surface area contributed by atoms with E-state index >= 15 is 0 Å². The van der Waals surface area contributed by atoms with Crippen LogP contribution in [-0.4, -0.2) is 65.3 Å². The molecule has 1 aromatic heterocycles. The number of imidazole rings is 1. The van der Waals surface area contributed by atoms with Gasteiger partial charge in [-0.2, -0.15) is 4.31 Å². The molecule has 4 rings (SSSR count). The normalized spacial score (nSPS) is 16.4. The van der Waals surface area contributed by atoms with E-state index in [0.717, 1.165) is 11.6 Å². The smallest absolute Gasteiger partial charge is 0.293 e. The third kappa shape index (κ3) is 4.75. The number of nitro benzene ring substituents is 1. The lowest BCUT2D eigenvalue weighted by molar-refractivity contribution is -0.384. The largest absolute Gasteiger partial charge is 0.366 e. The van der Waals surface area contributed by atoms with E-state index in [9.17, 15) is 18.5 Å². The average Bonchev–Trinajstić information content (AvgIpc) is 3.23. The molecule has 11 heteroatoms. The minimum absolute atomic E-state index is 0.0856. The molecule has 0 saturated carbocycles. The van der Waals surface area contributed by atoms with Crippen molar-refractivity contribution in [2.75, 3.05) is 38.5 Å². The lowest BCUT2D eigenvalue weighted by atomic mass is 10.1. The van der Waals surface area contributed by atoms with E-state index in [1.165, 1.54) is 16.4 Å². The van der Waals surface area contributed by atoms with Gasteiger partial charge < -0.3 is 14.8 Å². The van der Waals surface area contributed by atoms with Crippen LogP contribution >= 0.6 is 0 Å². The zero-order valence-corrected chi connectivity index (χ0v) is 19.3. The van der Waals surface area contributed by atoms with Crippen molar-refractivity contribution in [1.82, 2.24) is 18.8 Å². The Morgan fingerprint density at radius 3 is 2.36 bits per heavy atom. The van der Waals surface area contributed by atoms with Crippen molar-refractivity contribution < 1.29 is 13.3 Å². The van der Waals surface area contributed by atoms with E-state index in [-0.39, 0.29) is 16.3 Å². The molecule has 174 valence electrons. The Morgan fingerprint density at radius 1 is 1.06 bits per heavy atom. The van der Waals surface area contributed by atoms with E-state index in [1.807, 2.05) is 53.9 Å². The third-order valence-electron chi connectivity index (χ3n) is 5.82. The predicted molar refractivity (Wildman–Crippen MR) is 124 cm³/mol. The van der Waals surface area contributed by atoms with Gasteiger partial charge in [0, 0.05) is 51.7 Å². The van der Waals surface area contributed by atoms with Gasteiger partial charge in [-0.25, -0.2) is 13.4 Å². The summed E-state index contributed by atoms with van der Waals surface area (Å²) in [6.07, 6.45) is 3.46. The molecular weight excluding hydrogens is 444 g/mol. The maximum atomic E-state index is 13.1. The molecule has 0 radical (unpaired) electrons. The monoisotopic (exact) mass is 470 g/mol. The Bertz CT molecular complexity index is 1240. The Kier molecular flexibility index (Phi) is 6.45. The highest BCUT2D eigenvalue weighted by Gasteiger charge is 2.30. The summed E-state index contributed by atoms with van der Waals surface area (Å²) >= 11 is 0. The summed E-state index contributed by atoms with van der Waals surface area (Å²) in [5, 5.41) is 15.1. The van der Waals surface area contributed by atoms with Crippen molar-refractivity contribution in [3.63, 3.8) is 0 Å². The predicted octanol–water partition coefficient (Wildman–Crippen LogP) is 2.47. The lowest BCUT2D eigenvalue weighted by Crippen LogP contribution is -2.47. The van der Waals surface area contributed by atoms with Gasteiger partial charge in [-0.05, 0) is 24.7 Å². The first-order valence-corrected chi connectivity index (χ1v) is 12.0. The topological polar surface area (TPSA) is 114 Å². The average molecular weight is 471 g/mol. The Labute approximate surface area is 192 Å². The zero-order valence-electron chi connectivity index (χ0n) is 18.5. The zero-order chi connectivity index (χ0) is 23.6. The van der Waals surface area contributed by atoms with Gasteiger partial charge in [-0.1, -0.05) is 30.3 Å². The molecule has 1 fully saturated rings. The van der Waals surface area contributed by atoms with E-state index in [4.69, 9.17) is 0 Å². The fourth-order valence-corrected chi connectivity index (χ4v) is 5.32. The van der Waals surface area contributed by atoms with Crippen molar-refractivity contribution in [1.29, 1.82) is 0 Å². The maximum absolute atomic E-state index is 13.1. The van der Waals surface area contributed by atoms with Crippen LogP contribution in [0.4, 0.5) is 11.4 Å². The van der Waals surface area contributed by atoms with Gasteiger partial charge in [0.15, 0.2) is 0 Å². The van der Waals surface area contributed by atoms with Crippen LogP contribution in [0.5, 0.6) is 0 Å². The van der Waals surface area contributed by atoms with Crippen LogP contribution < -0.4 is 5.32 Å². The van der Waals surface area contributed by atoms with E-state index in [2.05, 4.69) is 10.3 Å². The standard InChI is InChI=1S/C22H26N6O4S/c1-25-12-14-27(15-13-25)33(31,32)18-8-9-19(20(16-18)28(29)30)24-21(17-6-4-3-5-7-17)22-23-10-11-26(22)2/h3-11,16,21,24H,12-15H2,1-2H3/t21-/m0/s1. The number of nitrogens with one attached hydrogen (secondary N) is 1. The first-order chi connectivity index (χ1) is 15.8. The quantitative estimate of drug-likeness (QED) is 0.417. The number of anilines is 1. The summed E-state index contributed by atoms with van der Waals surface area (Å²) in [5.41, 5.74) is 0.782. The molecule has 0 spiro atoms. The van der Waals surface area contributed by atoms with Crippen molar-refractivity contribution in [2.24, 2.45) is 7.05 Å². The molecule has 0 amide bonds. The van der Waals surface area contributed by atoms with E-state index < -0.39 is 21.0 Å². The number of aromatic nitrogens is 2. The Morgan fingerprint density at radius 2 is 1.76 bits per heavy atom. The molecule has 2 aromatic carbocycles. The molecule has 0 bridgehead atoms. The molecule has 1 saturated heterocycles. The maximum Gasteiger partial charge on any atom is 0.293 e. The number of rotatable bonds is 7. The molecule has 0 unspecified atom stereocenters. The highest BCUT2D eigenvalue weighted by molar-refractivity contribution is 7.89. The van der Waals surface area contributed by atoms with Gasteiger partial charge in [0.1, 0.15) is 17.6 Å².